The first kappa shape index (κ1) is 12.5. The number of hydrogen-bond donors (Lipinski definition) is 0. The third kappa shape index (κ3) is 6.04. The van der Waals surface area contributed by atoms with Crippen molar-refractivity contribution in [3.63, 3.8) is 0 Å². The molecule has 1 aliphatic heterocycles. The lowest BCUT2D eigenvalue weighted by Gasteiger charge is -1.94. The second kappa shape index (κ2) is 6.93. The summed E-state index contributed by atoms with van der Waals surface area (Å²) < 4.78 is 27.9. The number of carbonyl (C=O) groups is 2. The second-order valence-corrected chi connectivity index (χ2v) is 1.98. The van der Waals surface area contributed by atoms with Gasteiger partial charge in [-0.2, -0.15) is 4.39 Å². The van der Waals surface area contributed by atoms with Crippen LogP contribution in [0.2, 0.25) is 0 Å². The van der Waals surface area contributed by atoms with Crippen LogP contribution in [-0.4, -0.2) is 39.0 Å². The van der Waals surface area contributed by atoms with E-state index in [1.165, 1.54) is 7.11 Å². The molecule has 1 rings (SSSR count). The van der Waals surface area contributed by atoms with Crippen molar-refractivity contribution in [2.24, 2.45) is 0 Å². The summed E-state index contributed by atoms with van der Waals surface area (Å²) in [7, 11) is 1.28. The number of methoxy groups -OCH3 is 1. The normalized spacial score (nSPS) is 18.5. The Labute approximate surface area is 79.9 Å². The molecule has 1 saturated heterocycles. The fraction of sp³-hybridized carbons (Fsp3) is 0.714. The SMILES string of the molecule is CCOC(=O)OC.O=C1OCC(F)O1. The second-order valence-electron chi connectivity index (χ2n) is 1.98. The van der Waals surface area contributed by atoms with Crippen LogP contribution in [0, 0.1) is 0 Å². The van der Waals surface area contributed by atoms with Crippen LogP contribution in [0.1, 0.15) is 6.92 Å². The van der Waals surface area contributed by atoms with Crippen molar-refractivity contribution in [2.45, 2.75) is 13.3 Å². The summed E-state index contributed by atoms with van der Waals surface area (Å²) in [5.41, 5.74) is 0. The van der Waals surface area contributed by atoms with Gasteiger partial charge in [0.2, 0.25) is 0 Å². The molecule has 0 aromatic heterocycles. The van der Waals surface area contributed by atoms with Crippen molar-refractivity contribution in [1.29, 1.82) is 0 Å². The summed E-state index contributed by atoms with van der Waals surface area (Å²) in [6.45, 7) is 1.82. The molecule has 7 heteroatoms. The van der Waals surface area contributed by atoms with Gasteiger partial charge in [0, 0.05) is 0 Å². The summed E-state index contributed by atoms with van der Waals surface area (Å²) in [5.74, 6) is 0. The van der Waals surface area contributed by atoms with Gasteiger partial charge in [-0.05, 0) is 6.92 Å². The molecule has 14 heavy (non-hydrogen) atoms. The lowest BCUT2D eigenvalue weighted by molar-refractivity contribution is 0.0572. The Bertz CT molecular complexity index is 189. The Balaban J connectivity index is 0.000000241. The number of cyclic esters (lactones) is 2. The third-order valence-electron chi connectivity index (χ3n) is 0.985. The minimum absolute atomic E-state index is 0.265. The lowest BCUT2D eigenvalue weighted by Crippen LogP contribution is -2.02. The van der Waals surface area contributed by atoms with E-state index in [1.54, 1.807) is 6.92 Å². The van der Waals surface area contributed by atoms with E-state index in [1.807, 2.05) is 0 Å². The highest BCUT2D eigenvalue weighted by Gasteiger charge is 2.23. The summed E-state index contributed by atoms with van der Waals surface area (Å²) in [4.78, 5) is 19.7. The summed E-state index contributed by atoms with van der Waals surface area (Å²) >= 11 is 0. The maximum absolute atomic E-state index is 11.6. The van der Waals surface area contributed by atoms with Crippen molar-refractivity contribution >= 4 is 12.3 Å². The third-order valence-corrected chi connectivity index (χ3v) is 0.985. The first-order valence-corrected chi connectivity index (χ1v) is 3.78. The van der Waals surface area contributed by atoms with Crippen LogP contribution >= 0.6 is 0 Å². The molecule has 0 radical (unpaired) electrons. The average molecular weight is 210 g/mol. The van der Waals surface area contributed by atoms with Crippen LogP contribution in [0.5, 0.6) is 0 Å². The smallest absolute Gasteiger partial charge is 0.438 e. The highest BCUT2D eigenvalue weighted by atomic mass is 19.1. The maximum Gasteiger partial charge on any atom is 0.511 e. The van der Waals surface area contributed by atoms with Gasteiger partial charge in [-0.3, -0.25) is 0 Å². The molecule has 0 spiro atoms. The molecule has 82 valence electrons. The zero-order valence-electron chi connectivity index (χ0n) is 7.82. The standard InChI is InChI=1S/C4H8O3.C3H3FO3/c1-3-7-4(5)6-2;4-2-1-6-3(5)7-2/h3H2,1-2H3;2H,1H2. The Kier molecular flexibility index (Phi) is 6.17. The molecule has 0 N–H and O–H groups in total. The molecule has 0 amide bonds. The largest absolute Gasteiger partial charge is 0.511 e. The minimum Gasteiger partial charge on any atom is -0.438 e. The summed E-state index contributed by atoms with van der Waals surface area (Å²) in [6, 6.07) is 0. The van der Waals surface area contributed by atoms with Crippen molar-refractivity contribution < 1.29 is 32.9 Å². The van der Waals surface area contributed by atoms with Gasteiger partial charge in [-0.25, -0.2) is 9.59 Å². The molecule has 1 fully saturated rings. The van der Waals surface area contributed by atoms with Gasteiger partial charge in [-0.1, -0.05) is 0 Å². The number of hydrogen-bond acceptors (Lipinski definition) is 6. The summed E-state index contributed by atoms with van der Waals surface area (Å²) in [5, 5.41) is 0. The first-order valence-electron chi connectivity index (χ1n) is 3.78. The molecule has 1 atom stereocenters. The fourth-order valence-corrected chi connectivity index (χ4v) is 0.483. The number of rotatable bonds is 1. The van der Waals surface area contributed by atoms with Crippen LogP contribution < -0.4 is 0 Å². The van der Waals surface area contributed by atoms with Gasteiger partial charge in [0.1, 0.15) is 0 Å². The maximum atomic E-state index is 11.6. The van der Waals surface area contributed by atoms with E-state index in [2.05, 4.69) is 18.9 Å². The van der Waals surface area contributed by atoms with Gasteiger partial charge in [0.15, 0.2) is 6.61 Å². The van der Waals surface area contributed by atoms with Crippen LogP contribution in [0.4, 0.5) is 14.0 Å². The highest BCUT2D eigenvalue weighted by Crippen LogP contribution is 2.05. The van der Waals surface area contributed by atoms with E-state index in [-0.39, 0.29) is 6.61 Å². The van der Waals surface area contributed by atoms with Gasteiger partial charge >= 0.3 is 12.3 Å². The van der Waals surface area contributed by atoms with Crippen LogP contribution in [0.25, 0.3) is 0 Å². The van der Waals surface area contributed by atoms with Gasteiger partial charge in [-0.15, -0.1) is 0 Å². The van der Waals surface area contributed by atoms with Gasteiger partial charge in [0.25, 0.3) is 6.36 Å². The molecule has 0 aromatic carbocycles. The molecule has 0 saturated carbocycles. The zero-order valence-corrected chi connectivity index (χ0v) is 7.82. The average Bonchev–Trinajstić information content (AvgIpc) is 2.51. The Hall–Kier alpha value is -1.53. The van der Waals surface area contributed by atoms with Gasteiger partial charge < -0.3 is 18.9 Å². The van der Waals surface area contributed by atoms with Crippen LogP contribution in [0.15, 0.2) is 0 Å². The van der Waals surface area contributed by atoms with E-state index in [9.17, 15) is 14.0 Å². The van der Waals surface area contributed by atoms with Crippen LogP contribution in [0.3, 0.4) is 0 Å². The first-order chi connectivity index (χ1) is 6.60. The van der Waals surface area contributed by atoms with E-state index in [4.69, 9.17) is 0 Å². The number of ether oxygens (including phenoxy) is 4. The molecule has 0 aromatic rings. The van der Waals surface area contributed by atoms with Crippen molar-refractivity contribution in [3.8, 4) is 0 Å². The number of alkyl halides is 1. The molecule has 1 heterocycles. The van der Waals surface area contributed by atoms with E-state index in [0.29, 0.717) is 6.61 Å². The topological polar surface area (TPSA) is 71.1 Å². The minimum atomic E-state index is -1.55. The van der Waals surface area contributed by atoms with E-state index in [0.717, 1.165) is 0 Å². The number of carbonyl (C=O) groups excluding carboxylic acids is 2. The van der Waals surface area contributed by atoms with Crippen molar-refractivity contribution in [3.05, 3.63) is 0 Å². The summed E-state index contributed by atoms with van der Waals surface area (Å²) in [6.07, 6.45) is -3.09. The molecular weight excluding hydrogens is 199 g/mol. The quantitative estimate of drug-likeness (QED) is 0.606. The molecule has 0 bridgehead atoms. The lowest BCUT2D eigenvalue weighted by atomic mass is 10.8. The molecule has 6 nitrogen and oxygen atoms in total. The van der Waals surface area contributed by atoms with Gasteiger partial charge in [0.05, 0.1) is 13.7 Å². The Morgan fingerprint density at radius 3 is 2.50 bits per heavy atom. The van der Waals surface area contributed by atoms with E-state index >= 15 is 0 Å². The predicted molar refractivity (Wildman–Crippen MR) is 41.4 cm³/mol. The predicted octanol–water partition coefficient (Wildman–Crippen LogP) is 1.24. The van der Waals surface area contributed by atoms with Crippen molar-refractivity contribution in [2.75, 3.05) is 20.3 Å². The van der Waals surface area contributed by atoms with E-state index < -0.39 is 18.7 Å². The molecule has 1 unspecified atom stereocenters. The number of halogens is 1. The molecule has 1 aliphatic rings. The molecular formula is C7H11FO6. The monoisotopic (exact) mass is 210 g/mol. The molecule has 0 aliphatic carbocycles. The fourth-order valence-electron chi connectivity index (χ4n) is 0.483. The highest BCUT2D eigenvalue weighted by molar-refractivity contribution is 5.61. The Morgan fingerprint density at radius 2 is 2.36 bits per heavy atom. The Morgan fingerprint density at radius 1 is 1.71 bits per heavy atom. The zero-order chi connectivity index (χ0) is 11.0. The van der Waals surface area contributed by atoms with Crippen molar-refractivity contribution in [1.82, 2.24) is 0 Å². The van der Waals surface area contributed by atoms with Crippen LogP contribution in [-0.2, 0) is 18.9 Å².